The maximum absolute atomic E-state index is 10.1. The van der Waals surface area contributed by atoms with Crippen LogP contribution in [0.4, 0.5) is 0 Å². The highest BCUT2D eigenvalue weighted by atomic mass is 35.5. The summed E-state index contributed by atoms with van der Waals surface area (Å²) >= 11 is 6.09. The van der Waals surface area contributed by atoms with E-state index in [4.69, 9.17) is 11.6 Å². The lowest BCUT2D eigenvalue weighted by atomic mass is 9.90. The van der Waals surface area contributed by atoms with E-state index in [0.717, 1.165) is 31.1 Å². The van der Waals surface area contributed by atoms with Crippen LogP contribution in [0, 0.1) is 5.92 Å². The van der Waals surface area contributed by atoms with Crippen LogP contribution in [-0.2, 0) is 6.54 Å². The van der Waals surface area contributed by atoms with Gasteiger partial charge in [-0.25, -0.2) is 0 Å². The average Bonchev–Trinajstić information content (AvgIpc) is 2.95. The highest BCUT2D eigenvalue weighted by Crippen LogP contribution is 2.46. The Morgan fingerprint density at radius 3 is 2.46 bits per heavy atom. The van der Waals surface area contributed by atoms with Crippen molar-refractivity contribution in [2.24, 2.45) is 5.92 Å². The Labute approximate surface area is 162 Å². The van der Waals surface area contributed by atoms with E-state index in [1.165, 1.54) is 11.1 Å². The highest BCUT2D eigenvalue weighted by Gasteiger charge is 2.47. The van der Waals surface area contributed by atoms with Gasteiger partial charge in [0.1, 0.15) is 0 Å². The summed E-state index contributed by atoms with van der Waals surface area (Å²) in [7, 11) is 0. The van der Waals surface area contributed by atoms with Gasteiger partial charge in [0.2, 0.25) is 0 Å². The first-order valence-corrected chi connectivity index (χ1v) is 9.83. The molecule has 0 saturated carbocycles. The molecule has 3 atom stereocenters. The maximum atomic E-state index is 10.1. The Hall–Kier alpha value is -1.39. The molecule has 0 amide bonds. The lowest BCUT2D eigenvalue weighted by Gasteiger charge is -2.37. The van der Waals surface area contributed by atoms with Gasteiger partial charge in [-0.1, -0.05) is 61.0 Å². The van der Waals surface area contributed by atoms with Gasteiger partial charge in [0.25, 0.3) is 0 Å². The van der Waals surface area contributed by atoms with Gasteiger partial charge in [-0.05, 0) is 49.1 Å². The SMILES string of the molecule is CCN1[C@@H](c2ccc(Cl)cc2)[C@@H](CNCc2ccccc2)C[C@@]1(C)CO. The Kier molecular flexibility index (Phi) is 6.36. The zero-order chi connectivity index (χ0) is 18.6. The largest absolute Gasteiger partial charge is 0.394 e. The average molecular weight is 373 g/mol. The van der Waals surface area contributed by atoms with Crippen molar-refractivity contribution in [2.45, 2.75) is 38.4 Å². The van der Waals surface area contributed by atoms with Crippen LogP contribution in [0.5, 0.6) is 0 Å². The van der Waals surface area contributed by atoms with E-state index in [1.54, 1.807) is 0 Å². The first-order valence-electron chi connectivity index (χ1n) is 9.45. The van der Waals surface area contributed by atoms with Gasteiger partial charge in [0, 0.05) is 29.7 Å². The molecule has 1 heterocycles. The van der Waals surface area contributed by atoms with Gasteiger partial charge in [-0.2, -0.15) is 0 Å². The third-order valence-electron chi connectivity index (χ3n) is 5.65. The standard InChI is InChI=1S/C22H29ClN2O/c1-3-25-21(18-9-11-20(23)12-10-18)19(13-22(25,2)16-26)15-24-14-17-7-5-4-6-8-17/h4-12,19,21,24,26H,3,13-16H2,1-2H3/t19-,21+,22+/m1/s1. The normalized spacial score (nSPS) is 26.3. The number of likely N-dealkylation sites (N-methyl/N-ethyl adjacent to an activating group) is 1. The van der Waals surface area contributed by atoms with E-state index in [-0.39, 0.29) is 18.2 Å². The predicted octanol–water partition coefficient (Wildman–Crippen LogP) is 4.26. The Morgan fingerprint density at radius 1 is 1.15 bits per heavy atom. The number of nitrogens with zero attached hydrogens (tertiary/aromatic N) is 1. The van der Waals surface area contributed by atoms with Gasteiger partial charge >= 0.3 is 0 Å². The van der Waals surface area contributed by atoms with Crippen molar-refractivity contribution < 1.29 is 5.11 Å². The number of nitrogens with one attached hydrogen (secondary N) is 1. The first kappa shape index (κ1) is 19.4. The van der Waals surface area contributed by atoms with E-state index >= 15 is 0 Å². The molecule has 2 aromatic carbocycles. The summed E-state index contributed by atoms with van der Waals surface area (Å²) in [5.74, 6) is 0.442. The number of likely N-dealkylation sites (tertiary alicyclic amines) is 1. The fourth-order valence-electron chi connectivity index (χ4n) is 4.41. The summed E-state index contributed by atoms with van der Waals surface area (Å²) in [6, 6.07) is 19.0. The molecule has 0 spiro atoms. The molecular weight excluding hydrogens is 344 g/mol. The van der Waals surface area contributed by atoms with Crippen LogP contribution < -0.4 is 5.32 Å². The quantitative estimate of drug-likeness (QED) is 0.762. The maximum Gasteiger partial charge on any atom is 0.0613 e. The third kappa shape index (κ3) is 4.12. The van der Waals surface area contributed by atoms with Crippen LogP contribution in [0.2, 0.25) is 5.02 Å². The predicted molar refractivity (Wildman–Crippen MR) is 108 cm³/mol. The summed E-state index contributed by atoms with van der Waals surface area (Å²) in [6.07, 6.45) is 0.979. The lowest BCUT2D eigenvalue weighted by Crippen LogP contribution is -2.45. The summed E-state index contributed by atoms with van der Waals surface area (Å²) in [6.45, 7) is 7.24. The summed E-state index contributed by atoms with van der Waals surface area (Å²) < 4.78 is 0. The van der Waals surface area contributed by atoms with Gasteiger partial charge in [-0.3, -0.25) is 4.90 Å². The first-order chi connectivity index (χ1) is 12.6. The van der Waals surface area contributed by atoms with E-state index < -0.39 is 0 Å². The number of rotatable bonds is 7. The summed E-state index contributed by atoms with van der Waals surface area (Å²) in [5.41, 5.74) is 2.39. The number of hydrogen-bond donors (Lipinski definition) is 2. The van der Waals surface area contributed by atoms with Crippen molar-refractivity contribution >= 4 is 11.6 Å². The topological polar surface area (TPSA) is 35.5 Å². The molecule has 26 heavy (non-hydrogen) atoms. The van der Waals surface area contributed by atoms with Crippen LogP contribution in [0.15, 0.2) is 54.6 Å². The second-order valence-corrected chi connectivity index (χ2v) is 7.95. The van der Waals surface area contributed by atoms with Crippen molar-refractivity contribution in [3.63, 3.8) is 0 Å². The van der Waals surface area contributed by atoms with Crippen molar-refractivity contribution in [3.05, 3.63) is 70.7 Å². The minimum Gasteiger partial charge on any atom is -0.394 e. The smallest absolute Gasteiger partial charge is 0.0613 e. The molecule has 0 aliphatic carbocycles. The van der Waals surface area contributed by atoms with Crippen LogP contribution in [-0.4, -0.2) is 35.2 Å². The molecule has 1 aliphatic heterocycles. The molecule has 0 aromatic heterocycles. The van der Waals surface area contributed by atoms with E-state index in [1.807, 2.05) is 18.2 Å². The molecular formula is C22H29ClN2O. The Balaban J connectivity index is 1.77. The number of halogens is 1. The molecule has 3 rings (SSSR count). The number of aliphatic hydroxyl groups is 1. The number of benzene rings is 2. The number of hydrogen-bond acceptors (Lipinski definition) is 3. The molecule has 0 bridgehead atoms. The second kappa shape index (κ2) is 8.53. The van der Waals surface area contributed by atoms with Crippen molar-refractivity contribution in [2.75, 3.05) is 19.7 Å². The van der Waals surface area contributed by atoms with Crippen LogP contribution in [0.25, 0.3) is 0 Å². The summed E-state index contributed by atoms with van der Waals surface area (Å²) in [4.78, 5) is 2.45. The molecule has 3 nitrogen and oxygen atoms in total. The minimum atomic E-state index is -0.182. The monoisotopic (exact) mass is 372 g/mol. The molecule has 1 aliphatic rings. The molecule has 0 radical (unpaired) electrons. The number of aliphatic hydroxyl groups excluding tert-OH is 1. The fraction of sp³-hybridized carbons (Fsp3) is 0.455. The van der Waals surface area contributed by atoms with Gasteiger partial charge < -0.3 is 10.4 Å². The molecule has 1 fully saturated rings. The third-order valence-corrected chi connectivity index (χ3v) is 5.90. The van der Waals surface area contributed by atoms with Crippen molar-refractivity contribution in [1.29, 1.82) is 0 Å². The highest BCUT2D eigenvalue weighted by molar-refractivity contribution is 6.30. The van der Waals surface area contributed by atoms with Gasteiger partial charge in [0.05, 0.1) is 6.61 Å². The summed E-state index contributed by atoms with van der Waals surface area (Å²) in [5, 5.41) is 14.5. The molecule has 140 valence electrons. The van der Waals surface area contributed by atoms with Crippen LogP contribution in [0.1, 0.15) is 37.4 Å². The zero-order valence-electron chi connectivity index (χ0n) is 15.7. The molecule has 1 saturated heterocycles. The van der Waals surface area contributed by atoms with Crippen molar-refractivity contribution in [1.82, 2.24) is 10.2 Å². The van der Waals surface area contributed by atoms with Crippen LogP contribution >= 0.6 is 11.6 Å². The Bertz CT molecular complexity index is 691. The fourth-order valence-corrected chi connectivity index (χ4v) is 4.54. The molecule has 4 heteroatoms. The lowest BCUT2D eigenvalue weighted by molar-refractivity contribution is 0.0579. The minimum absolute atomic E-state index is 0.181. The van der Waals surface area contributed by atoms with E-state index in [0.29, 0.717) is 5.92 Å². The molecule has 2 N–H and O–H groups in total. The van der Waals surface area contributed by atoms with Gasteiger partial charge in [0.15, 0.2) is 0 Å². The van der Waals surface area contributed by atoms with Crippen molar-refractivity contribution in [3.8, 4) is 0 Å². The molecule has 2 aromatic rings. The van der Waals surface area contributed by atoms with Crippen LogP contribution in [0.3, 0.4) is 0 Å². The van der Waals surface area contributed by atoms with E-state index in [9.17, 15) is 5.11 Å². The Morgan fingerprint density at radius 2 is 1.85 bits per heavy atom. The van der Waals surface area contributed by atoms with Gasteiger partial charge in [-0.15, -0.1) is 0 Å². The zero-order valence-corrected chi connectivity index (χ0v) is 16.4. The second-order valence-electron chi connectivity index (χ2n) is 7.52. The molecule has 0 unspecified atom stereocenters. The van der Waals surface area contributed by atoms with E-state index in [2.05, 4.69) is 60.5 Å².